The summed E-state index contributed by atoms with van der Waals surface area (Å²) < 4.78 is 22.8. The summed E-state index contributed by atoms with van der Waals surface area (Å²) in [5.41, 5.74) is 1.05. The highest BCUT2D eigenvalue weighted by Crippen LogP contribution is 2.21. The number of sulfone groups is 1. The molecule has 1 atom stereocenters. The van der Waals surface area contributed by atoms with Crippen LogP contribution in [0.2, 0.25) is 0 Å². The molecule has 1 heterocycles. The molecule has 0 radical (unpaired) electrons. The molecule has 1 aliphatic rings. The molecule has 0 saturated carbocycles. The normalized spacial score (nSPS) is 19.2. The van der Waals surface area contributed by atoms with Gasteiger partial charge >= 0.3 is 0 Å². The lowest BCUT2D eigenvalue weighted by atomic mass is 9.94. The van der Waals surface area contributed by atoms with Gasteiger partial charge in [-0.15, -0.1) is 0 Å². The van der Waals surface area contributed by atoms with Gasteiger partial charge in [-0.2, -0.15) is 0 Å². The maximum absolute atomic E-state index is 12.5. The maximum atomic E-state index is 12.5. The second-order valence-electron chi connectivity index (χ2n) is 6.04. The Morgan fingerprint density at radius 1 is 1.22 bits per heavy atom. The molecule has 0 unspecified atom stereocenters. The minimum absolute atomic E-state index is 0.0580. The molecule has 23 heavy (non-hydrogen) atoms. The number of hydrogen-bond acceptors (Lipinski definition) is 4. The molecule has 1 aliphatic heterocycles. The average Bonchev–Trinajstić information content (AvgIpc) is 2.55. The minimum Gasteiger partial charge on any atom is -0.354 e. The van der Waals surface area contributed by atoms with Gasteiger partial charge in [0.15, 0.2) is 9.84 Å². The standard InChI is InChI=1S/C17H26N2O3S/c1-2-6-16(15-7-4-3-5-8-15)17(20)18-9-10-19-11-13-23(21,22)14-12-19/h3-5,7-8,16H,2,6,9-14H2,1H3,(H,18,20)/t16-/m1/s1. The molecule has 5 nitrogen and oxygen atoms in total. The molecule has 1 aromatic rings. The highest BCUT2D eigenvalue weighted by molar-refractivity contribution is 7.91. The number of hydrogen-bond donors (Lipinski definition) is 1. The van der Waals surface area contributed by atoms with Gasteiger partial charge in [-0.1, -0.05) is 43.7 Å². The van der Waals surface area contributed by atoms with Gasteiger partial charge in [0.25, 0.3) is 0 Å². The summed E-state index contributed by atoms with van der Waals surface area (Å²) in [5.74, 6) is 0.401. The van der Waals surface area contributed by atoms with Crippen molar-refractivity contribution in [1.29, 1.82) is 0 Å². The van der Waals surface area contributed by atoms with Crippen LogP contribution < -0.4 is 5.32 Å². The number of carbonyl (C=O) groups is 1. The second-order valence-corrected chi connectivity index (χ2v) is 8.34. The van der Waals surface area contributed by atoms with Crippen molar-refractivity contribution in [1.82, 2.24) is 10.2 Å². The molecule has 1 fully saturated rings. The summed E-state index contributed by atoms with van der Waals surface area (Å²) in [6.45, 7) is 4.47. The molecule has 128 valence electrons. The highest BCUT2D eigenvalue weighted by Gasteiger charge is 2.22. The summed E-state index contributed by atoms with van der Waals surface area (Å²) in [7, 11) is -2.84. The molecule has 0 aliphatic carbocycles. The zero-order valence-corrected chi connectivity index (χ0v) is 14.5. The molecular weight excluding hydrogens is 312 g/mol. The van der Waals surface area contributed by atoms with Crippen molar-refractivity contribution < 1.29 is 13.2 Å². The Hall–Kier alpha value is -1.40. The van der Waals surface area contributed by atoms with Crippen LogP contribution in [-0.4, -0.2) is 56.9 Å². The molecule has 6 heteroatoms. The molecule has 1 aromatic carbocycles. The number of amides is 1. The zero-order valence-electron chi connectivity index (χ0n) is 13.7. The van der Waals surface area contributed by atoms with Crippen LogP contribution in [0.15, 0.2) is 30.3 Å². The van der Waals surface area contributed by atoms with Gasteiger partial charge in [0.05, 0.1) is 17.4 Å². The van der Waals surface area contributed by atoms with Crippen LogP contribution in [0.3, 0.4) is 0 Å². The number of nitrogens with one attached hydrogen (secondary N) is 1. The predicted octanol–water partition coefficient (Wildman–Crippen LogP) is 1.42. The Morgan fingerprint density at radius 3 is 2.48 bits per heavy atom. The van der Waals surface area contributed by atoms with Crippen LogP contribution in [0.1, 0.15) is 31.2 Å². The highest BCUT2D eigenvalue weighted by atomic mass is 32.2. The van der Waals surface area contributed by atoms with E-state index in [-0.39, 0.29) is 23.3 Å². The second kappa shape index (κ2) is 8.45. The van der Waals surface area contributed by atoms with E-state index in [4.69, 9.17) is 0 Å². The smallest absolute Gasteiger partial charge is 0.227 e. The van der Waals surface area contributed by atoms with Crippen molar-refractivity contribution >= 4 is 15.7 Å². The zero-order chi connectivity index (χ0) is 16.7. The van der Waals surface area contributed by atoms with Gasteiger partial charge in [0.1, 0.15) is 0 Å². The summed E-state index contributed by atoms with van der Waals surface area (Å²) in [4.78, 5) is 14.5. The quantitative estimate of drug-likeness (QED) is 0.816. The first-order chi connectivity index (χ1) is 11.0. The van der Waals surface area contributed by atoms with Gasteiger partial charge in [-0.25, -0.2) is 8.42 Å². The molecule has 2 rings (SSSR count). The van der Waals surface area contributed by atoms with Gasteiger partial charge < -0.3 is 5.32 Å². The largest absolute Gasteiger partial charge is 0.354 e. The maximum Gasteiger partial charge on any atom is 0.227 e. The topological polar surface area (TPSA) is 66.5 Å². The van der Waals surface area contributed by atoms with Crippen LogP contribution in [0.25, 0.3) is 0 Å². The van der Waals surface area contributed by atoms with Crippen molar-refractivity contribution in [2.45, 2.75) is 25.7 Å². The summed E-state index contributed by atoms with van der Waals surface area (Å²) in [6.07, 6.45) is 1.79. The number of nitrogens with zero attached hydrogens (tertiary/aromatic N) is 1. The van der Waals surface area contributed by atoms with E-state index < -0.39 is 9.84 Å². The van der Waals surface area contributed by atoms with Crippen molar-refractivity contribution in [3.05, 3.63) is 35.9 Å². The van der Waals surface area contributed by atoms with Crippen molar-refractivity contribution in [3.63, 3.8) is 0 Å². The van der Waals surface area contributed by atoms with Crippen LogP contribution in [0.5, 0.6) is 0 Å². The molecule has 1 amide bonds. The van der Waals surface area contributed by atoms with Gasteiger partial charge in [0, 0.05) is 26.2 Å². The minimum atomic E-state index is -2.84. The Kier molecular flexibility index (Phi) is 6.59. The third kappa shape index (κ3) is 5.62. The SMILES string of the molecule is CCC[C@@H](C(=O)NCCN1CCS(=O)(=O)CC1)c1ccccc1. The Morgan fingerprint density at radius 2 is 1.87 bits per heavy atom. The summed E-state index contributed by atoms with van der Waals surface area (Å²) in [6, 6.07) is 9.86. The first-order valence-corrected chi connectivity index (χ1v) is 10.1. The monoisotopic (exact) mass is 338 g/mol. The fourth-order valence-corrected chi connectivity index (χ4v) is 4.13. The van der Waals surface area contributed by atoms with E-state index in [1.165, 1.54) is 0 Å². The lowest BCUT2D eigenvalue weighted by Gasteiger charge is -2.26. The fraction of sp³-hybridized carbons (Fsp3) is 0.588. The third-order valence-electron chi connectivity index (χ3n) is 4.26. The Balaban J connectivity index is 1.81. The van der Waals surface area contributed by atoms with Crippen molar-refractivity contribution in [2.75, 3.05) is 37.7 Å². The van der Waals surface area contributed by atoms with Crippen molar-refractivity contribution in [2.24, 2.45) is 0 Å². The van der Waals surface area contributed by atoms with Gasteiger partial charge in [0.2, 0.25) is 5.91 Å². The van der Waals surface area contributed by atoms with Crippen LogP contribution in [0, 0.1) is 0 Å². The Labute approximate surface area is 139 Å². The van der Waals surface area contributed by atoms with Crippen LogP contribution >= 0.6 is 0 Å². The third-order valence-corrected chi connectivity index (χ3v) is 5.87. The number of rotatable bonds is 7. The van der Waals surface area contributed by atoms with E-state index >= 15 is 0 Å². The average molecular weight is 338 g/mol. The van der Waals surface area contributed by atoms with Gasteiger partial charge in [-0.05, 0) is 12.0 Å². The van der Waals surface area contributed by atoms with Crippen molar-refractivity contribution in [3.8, 4) is 0 Å². The van der Waals surface area contributed by atoms with E-state index in [2.05, 4.69) is 17.1 Å². The van der Waals surface area contributed by atoms with E-state index in [0.717, 1.165) is 18.4 Å². The van der Waals surface area contributed by atoms with E-state index in [0.29, 0.717) is 26.2 Å². The molecule has 0 aromatic heterocycles. The summed E-state index contributed by atoms with van der Waals surface area (Å²) in [5, 5.41) is 3.00. The lowest BCUT2D eigenvalue weighted by molar-refractivity contribution is -0.122. The van der Waals surface area contributed by atoms with Gasteiger partial charge in [-0.3, -0.25) is 9.69 Å². The van der Waals surface area contributed by atoms with E-state index in [9.17, 15) is 13.2 Å². The number of carbonyl (C=O) groups excluding carboxylic acids is 1. The van der Waals surface area contributed by atoms with Crippen LogP contribution in [-0.2, 0) is 14.6 Å². The summed E-state index contributed by atoms with van der Waals surface area (Å²) >= 11 is 0. The molecule has 0 bridgehead atoms. The number of benzene rings is 1. The molecule has 1 saturated heterocycles. The molecule has 1 N–H and O–H groups in total. The first kappa shape index (κ1) is 17.9. The Bertz CT molecular complexity index is 588. The van der Waals surface area contributed by atoms with E-state index in [1.807, 2.05) is 30.3 Å². The van der Waals surface area contributed by atoms with E-state index in [1.54, 1.807) is 0 Å². The lowest BCUT2D eigenvalue weighted by Crippen LogP contribution is -2.44. The fourth-order valence-electron chi connectivity index (χ4n) is 2.86. The molecule has 0 spiro atoms. The first-order valence-electron chi connectivity index (χ1n) is 8.27. The molecular formula is C17H26N2O3S. The van der Waals surface area contributed by atoms with Crippen LogP contribution in [0.4, 0.5) is 0 Å². The predicted molar refractivity (Wildman–Crippen MR) is 92.2 cm³/mol.